The molecule has 44 heavy (non-hydrogen) atoms. The fourth-order valence-corrected chi connectivity index (χ4v) is 6.32. The number of esters is 1. The van der Waals surface area contributed by atoms with Crippen molar-refractivity contribution >= 4 is 76.8 Å². The van der Waals surface area contributed by atoms with Crippen molar-refractivity contribution in [3.63, 3.8) is 0 Å². The van der Waals surface area contributed by atoms with Gasteiger partial charge in [-0.2, -0.15) is 18.3 Å². The normalized spacial score (nSPS) is 11.6. The van der Waals surface area contributed by atoms with Crippen LogP contribution in [0, 0.1) is 0 Å². The SMILES string of the molecule is COc1ccc(Br)c2c(-c3ccccc3)c(C(=O)NN=Cc3cc(Br)cc(Br)c3OC(=O)c3cccc(C(F)(F)F)c3)[nH]c12. The Morgan fingerprint density at radius 3 is 2.39 bits per heavy atom. The van der Waals surface area contributed by atoms with Crippen molar-refractivity contribution in [2.24, 2.45) is 5.10 Å². The number of aromatic amines is 1. The summed E-state index contributed by atoms with van der Waals surface area (Å²) in [6.45, 7) is 0. The van der Waals surface area contributed by atoms with Crippen LogP contribution >= 0.6 is 47.8 Å². The van der Waals surface area contributed by atoms with E-state index in [2.05, 4.69) is 63.3 Å². The van der Waals surface area contributed by atoms with Crippen molar-refractivity contribution in [3.8, 4) is 22.6 Å². The predicted octanol–water partition coefficient (Wildman–Crippen LogP) is 9.13. The largest absolute Gasteiger partial charge is 0.495 e. The van der Waals surface area contributed by atoms with Gasteiger partial charge in [0.2, 0.25) is 0 Å². The molecule has 0 saturated heterocycles. The number of benzene rings is 4. The molecule has 4 aromatic carbocycles. The molecule has 1 heterocycles. The summed E-state index contributed by atoms with van der Waals surface area (Å²) in [4.78, 5) is 29.5. The van der Waals surface area contributed by atoms with Gasteiger partial charge in [0.15, 0.2) is 5.75 Å². The van der Waals surface area contributed by atoms with E-state index >= 15 is 0 Å². The Kier molecular flexibility index (Phi) is 9.28. The zero-order chi connectivity index (χ0) is 31.6. The van der Waals surface area contributed by atoms with Gasteiger partial charge >= 0.3 is 12.1 Å². The van der Waals surface area contributed by atoms with Crippen LogP contribution in [-0.4, -0.2) is 30.2 Å². The summed E-state index contributed by atoms with van der Waals surface area (Å²) in [7, 11) is 1.53. The highest BCUT2D eigenvalue weighted by Gasteiger charge is 2.31. The molecule has 13 heteroatoms. The number of nitrogens with zero attached hydrogens (tertiary/aromatic N) is 1. The average molecular weight is 794 g/mol. The molecular formula is C31H19Br3F3N3O4. The van der Waals surface area contributed by atoms with Crippen molar-refractivity contribution in [1.29, 1.82) is 0 Å². The van der Waals surface area contributed by atoms with Gasteiger partial charge in [0.05, 0.1) is 34.4 Å². The molecule has 7 nitrogen and oxygen atoms in total. The van der Waals surface area contributed by atoms with Gasteiger partial charge in [-0.3, -0.25) is 4.79 Å². The van der Waals surface area contributed by atoms with Crippen LogP contribution in [0.15, 0.2) is 97.4 Å². The molecule has 0 radical (unpaired) electrons. The van der Waals surface area contributed by atoms with Crippen LogP contribution < -0.4 is 14.9 Å². The standard InChI is InChI=1S/C31H19Br3F3N3O4/c1-43-23-11-10-21(33)25-24(16-6-3-2-4-7-16)27(39-26(23)25)29(41)40-38-15-18-13-20(32)14-22(34)28(18)44-30(42)17-8-5-9-19(12-17)31(35,36)37/h2-15,39H,1H3,(H,40,41). The second-order valence-corrected chi connectivity index (χ2v) is 11.8. The fourth-order valence-electron chi connectivity index (χ4n) is 4.45. The fraction of sp³-hybridized carbons (Fsp3) is 0.0645. The van der Waals surface area contributed by atoms with E-state index < -0.39 is 23.6 Å². The lowest BCUT2D eigenvalue weighted by molar-refractivity contribution is -0.137. The summed E-state index contributed by atoms with van der Waals surface area (Å²) < 4.78 is 52.1. The number of carbonyl (C=O) groups is 2. The van der Waals surface area contributed by atoms with Crippen molar-refractivity contribution in [1.82, 2.24) is 10.4 Å². The van der Waals surface area contributed by atoms with Crippen LogP contribution in [-0.2, 0) is 6.18 Å². The van der Waals surface area contributed by atoms with E-state index in [1.54, 1.807) is 18.2 Å². The van der Waals surface area contributed by atoms with Gasteiger partial charge in [-0.05, 0) is 64.0 Å². The Balaban J connectivity index is 1.46. The molecule has 0 fully saturated rings. The molecule has 2 N–H and O–H groups in total. The van der Waals surface area contributed by atoms with E-state index in [4.69, 9.17) is 9.47 Å². The summed E-state index contributed by atoms with van der Waals surface area (Å²) in [6, 6.07) is 20.0. The summed E-state index contributed by atoms with van der Waals surface area (Å²) in [5, 5.41) is 4.83. The second kappa shape index (κ2) is 13.0. The van der Waals surface area contributed by atoms with Crippen molar-refractivity contribution in [2.75, 3.05) is 7.11 Å². The smallest absolute Gasteiger partial charge is 0.416 e. The highest BCUT2D eigenvalue weighted by atomic mass is 79.9. The van der Waals surface area contributed by atoms with Gasteiger partial charge in [0.25, 0.3) is 5.91 Å². The number of fused-ring (bicyclic) bond motifs is 1. The Hall–Kier alpha value is -3.94. The number of H-pyrrole nitrogens is 1. The predicted molar refractivity (Wildman–Crippen MR) is 171 cm³/mol. The molecule has 1 aromatic heterocycles. The minimum absolute atomic E-state index is 0.0159. The third-order valence-electron chi connectivity index (χ3n) is 6.40. The Morgan fingerprint density at radius 2 is 1.68 bits per heavy atom. The lowest BCUT2D eigenvalue weighted by atomic mass is 10.0. The number of halogens is 6. The Morgan fingerprint density at radius 1 is 0.932 bits per heavy atom. The first-order valence-electron chi connectivity index (χ1n) is 12.6. The maximum absolute atomic E-state index is 13.5. The maximum Gasteiger partial charge on any atom is 0.416 e. The molecular weight excluding hydrogens is 775 g/mol. The van der Waals surface area contributed by atoms with E-state index in [9.17, 15) is 22.8 Å². The number of hydrogen-bond donors (Lipinski definition) is 2. The van der Waals surface area contributed by atoms with Crippen LogP contribution in [0.3, 0.4) is 0 Å². The minimum atomic E-state index is -4.63. The molecule has 0 bridgehead atoms. The summed E-state index contributed by atoms with van der Waals surface area (Å²) >= 11 is 10.3. The summed E-state index contributed by atoms with van der Waals surface area (Å²) in [5.41, 5.74) is 3.70. The Bertz CT molecular complexity index is 1930. The molecule has 0 atom stereocenters. The van der Waals surface area contributed by atoms with E-state index in [0.29, 0.717) is 31.8 Å². The molecule has 1 amide bonds. The van der Waals surface area contributed by atoms with Gasteiger partial charge in [0.1, 0.15) is 11.4 Å². The first kappa shape index (κ1) is 31.5. The molecule has 224 valence electrons. The van der Waals surface area contributed by atoms with Crippen molar-refractivity contribution in [2.45, 2.75) is 6.18 Å². The zero-order valence-corrected chi connectivity index (χ0v) is 27.2. The number of carbonyl (C=O) groups excluding carboxylic acids is 2. The van der Waals surface area contributed by atoms with Gasteiger partial charge in [0, 0.05) is 25.5 Å². The molecule has 0 spiro atoms. The highest BCUT2D eigenvalue weighted by Crippen LogP contribution is 2.41. The monoisotopic (exact) mass is 791 g/mol. The van der Waals surface area contributed by atoms with Crippen molar-refractivity contribution < 1.29 is 32.2 Å². The lowest BCUT2D eigenvalue weighted by Crippen LogP contribution is -2.19. The molecule has 0 aliphatic heterocycles. The third-order valence-corrected chi connectivity index (χ3v) is 8.11. The lowest BCUT2D eigenvalue weighted by Gasteiger charge is -2.12. The van der Waals surface area contributed by atoms with E-state index in [-0.39, 0.29) is 22.6 Å². The number of methoxy groups -OCH3 is 1. The molecule has 0 aliphatic rings. The molecule has 0 aliphatic carbocycles. The van der Waals surface area contributed by atoms with E-state index in [1.807, 2.05) is 36.4 Å². The minimum Gasteiger partial charge on any atom is -0.495 e. The number of ether oxygens (including phenoxy) is 2. The van der Waals surface area contributed by atoms with E-state index in [1.165, 1.54) is 19.4 Å². The summed E-state index contributed by atoms with van der Waals surface area (Å²) in [6.07, 6.45) is -3.37. The maximum atomic E-state index is 13.5. The first-order valence-corrected chi connectivity index (χ1v) is 15.0. The van der Waals surface area contributed by atoms with Gasteiger partial charge in [-0.15, -0.1) is 0 Å². The summed E-state index contributed by atoms with van der Waals surface area (Å²) in [5.74, 6) is -1.06. The number of aromatic nitrogens is 1. The van der Waals surface area contributed by atoms with Crippen LogP contribution in [0.2, 0.25) is 0 Å². The third kappa shape index (κ3) is 6.59. The molecule has 5 aromatic rings. The van der Waals surface area contributed by atoms with Gasteiger partial charge < -0.3 is 14.5 Å². The molecule has 5 rings (SSSR count). The van der Waals surface area contributed by atoms with Crippen molar-refractivity contribution in [3.05, 3.63) is 115 Å². The molecule has 0 unspecified atom stereocenters. The quantitative estimate of drug-likeness (QED) is 0.0745. The number of rotatable bonds is 7. The van der Waals surface area contributed by atoms with Crippen LogP contribution in [0.25, 0.3) is 22.0 Å². The van der Waals surface area contributed by atoms with Gasteiger partial charge in [-0.1, -0.05) is 68.3 Å². The number of nitrogens with one attached hydrogen (secondary N) is 2. The Labute approximate surface area is 273 Å². The second-order valence-electron chi connectivity index (χ2n) is 9.21. The number of hydrazone groups is 1. The number of hydrogen-bond acceptors (Lipinski definition) is 5. The van der Waals surface area contributed by atoms with Crippen LogP contribution in [0.5, 0.6) is 11.5 Å². The van der Waals surface area contributed by atoms with Crippen LogP contribution in [0.4, 0.5) is 13.2 Å². The topological polar surface area (TPSA) is 92.8 Å². The average Bonchev–Trinajstić information content (AvgIpc) is 3.41. The number of amides is 1. The van der Waals surface area contributed by atoms with Gasteiger partial charge in [-0.25, -0.2) is 10.2 Å². The highest BCUT2D eigenvalue weighted by molar-refractivity contribution is 9.11. The zero-order valence-electron chi connectivity index (χ0n) is 22.4. The van der Waals surface area contributed by atoms with Crippen LogP contribution in [0.1, 0.15) is 32.0 Å². The van der Waals surface area contributed by atoms with E-state index in [0.717, 1.165) is 27.6 Å². The molecule has 0 saturated carbocycles. The number of alkyl halides is 3. The first-order chi connectivity index (χ1) is 21.0.